The Morgan fingerprint density at radius 3 is 3.33 bits per heavy atom. The Morgan fingerprint density at radius 1 is 1.61 bits per heavy atom. The predicted octanol–water partition coefficient (Wildman–Crippen LogP) is -0.701. The van der Waals surface area contributed by atoms with Gasteiger partial charge in [0.25, 0.3) is 0 Å². The molecule has 7 nitrogen and oxygen atoms in total. The number of fused-ring (bicyclic) bond motifs is 3. The zero-order valence-electron chi connectivity index (χ0n) is 10.2. The second-order valence-corrected chi connectivity index (χ2v) is 4.89. The number of carbonyl (C=O) groups excluding carboxylic acids is 1. The van der Waals surface area contributed by atoms with Crippen LogP contribution in [0.15, 0.2) is 6.20 Å². The van der Waals surface area contributed by atoms with Crippen molar-refractivity contribution in [2.45, 2.75) is 31.6 Å². The zero-order chi connectivity index (χ0) is 12.5. The van der Waals surface area contributed by atoms with Crippen molar-refractivity contribution >= 4 is 5.91 Å². The molecule has 1 amide bonds. The van der Waals surface area contributed by atoms with E-state index in [0.29, 0.717) is 19.6 Å². The van der Waals surface area contributed by atoms with Gasteiger partial charge in [-0.3, -0.25) is 4.79 Å². The molecule has 0 aliphatic carbocycles. The van der Waals surface area contributed by atoms with E-state index in [1.54, 1.807) is 6.20 Å². The fourth-order valence-electron chi connectivity index (χ4n) is 2.72. The van der Waals surface area contributed by atoms with Gasteiger partial charge in [-0.05, 0) is 6.42 Å². The summed E-state index contributed by atoms with van der Waals surface area (Å²) in [6.45, 7) is 3.09. The second-order valence-electron chi connectivity index (χ2n) is 4.89. The Bertz CT molecular complexity index is 446. The lowest BCUT2D eigenvalue weighted by Crippen LogP contribution is -2.48. The van der Waals surface area contributed by atoms with Crippen molar-refractivity contribution in [1.29, 1.82) is 0 Å². The van der Waals surface area contributed by atoms with Crippen LogP contribution in [0.3, 0.4) is 0 Å². The summed E-state index contributed by atoms with van der Waals surface area (Å²) in [5.41, 5.74) is 6.20. The maximum Gasteiger partial charge on any atom is 0.218 e. The van der Waals surface area contributed by atoms with Crippen molar-refractivity contribution in [2.75, 3.05) is 19.6 Å². The first-order chi connectivity index (χ1) is 8.74. The monoisotopic (exact) mass is 251 g/mol. The maximum absolute atomic E-state index is 10.8. The van der Waals surface area contributed by atoms with Crippen molar-refractivity contribution < 1.29 is 9.53 Å². The number of carbonyl (C=O) groups is 1. The third-order valence-electron chi connectivity index (χ3n) is 3.69. The van der Waals surface area contributed by atoms with Gasteiger partial charge in [0.05, 0.1) is 30.6 Å². The molecule has 3 heterocycles. The highest BCUT2D eigenvalue weighted by atomic mass is 16.5. The SMILES string of the molecule is NC(=O)CCN1CC[C@H]2OCc3cnnn3[C@@H]2C1. The Balaban J connectivity index is 1.69. The Morgan fingerprint density at radius 2 is 2.50 bits per heavy atom. The number of likely N-dealkylation sites (tertiary alicyclic amines) is 1. The fraction of sp³-hybridized carbons (Fsp3) is 0.727. The van der Waals surface area contributed by atoms with Gasteiger partial charge in [-0.15, -0.1) is 5.10 Å². The standard InChI is InChI=1S/C11H17N5O2/c12-11(17)2-4-15-3-1-10-9(6-15)16-8(7-18-10)5-13-14-16/h5,9-10H,1-4,6-7H2,(H2,12,17)/t9-,10-/m1/s1. The molecule has 2 aliphatic rings. The first-order valence-corrected chi connectivity index (χ1v) is 6.25. The summed E-state index contributed by atoms with van der Waals surface area (Å²) >= 11 is 0. The molecule has 1 fully saturated rings. The number of primary amides is 1. The summed E-state index contributed by atoms with van der Waals surface area (Å²) in [7, 11) is 0. The number of ether oxygens (including phenoxy) is 1. The van der Waals surface area contributed by atoms with Crippen LogP contribution in [-0.4, -0.2) is 51.5 Å². The van der Waals surface area contributed by atoms with Gasteiger partial charge in [-0.25, -0.2) is 4.68 Å². The molecule has 0 bridgehead atoms. The Hall–Kier alpha value is -1.47. The number of amides is 1. The normalized spacial score (nSPS) is 27.6. The van der Waals surface area contributed by atoms with E-state index in [2.05, 4.69) is 15.2 Å². The quantitative estimate of drug-likeness (QED) is 0.767. The number of piperidine rings is 1. The summed E-state index contributed by atoms with van der Waals surface area (Å²) in [6.07, 6.45) is 3.33. The molecule has 1 saturated heterocycles. The van der Waals surface area contributed by atoms with E-state index < -0.39 is 0 Å². The van der Waals surface area contributed by atoms with E-state index in [1.807, 2.05) is 4.68 Å². The highest BCUT2D eigenvalue weighted by molar-refractivity contribution is 5.73. The number of hydrogen-bond donors (Lipinski definition) is 1. The van der Waals surface area contributed by atoms with Crippen LogP contribution >= 0.6 is 0 Å². The minimum atomic E-state index is -0.251. The van der Waals surface area contributed by atoms with E-state index in [0.717, 1.165) is 25.2 Å². The molecule has 2 aliphatic heterocycles. The maximum atomic E-state index is 10.8. The Kier molecular flexibility index (Phi) is 3.00. The molecule has 3 rings (SSSR count). The molecule has 0 unspecified atom stereocenters. The van der Waals surface area contributed by atoms with Crippen molar-refractivity contribution in [1.82, 2.24) is 19.9 Å². The van der Waals surface area contributed by atoms with E-state index in [9.17, 15) is 4.79 Å². The van der Waals surface area contributed by atoms with Crippen LogP contribution in [0.2, 0.25) is 0 Å². The van der Waals surface area contributed by atoms with Crippen LogP contribution in [0, 0.1) is 0 Å². The van der Waals surface area contributed by atoms with Gasteiger partial charge in [-0.2, -0.15) is 0 Å². The van der Waals surface area contributed by atoms with E-state index in [4.69, 9.17) is 10.5 Å². The smallest absolute Gasteiger partial charge is 0.218 e. The van der Waals surface area contributed by atoms with Gasteiger partial charge >= 0.3 is 0 Å². The molecule has 0 radical (unpaired) electrons. The average Bonchev–Trinajstić information content (AvgIpc) is 2.84. The van der Waals surface area contributed by atoms with Gasteiger partial charge in [0, 0.05) is 26.1 Å². The summed E-state index contributed by atoms with van der Waals surface area (Å²) in [5.74, 6) is -0.251. The van der Waals surface area contributed by atoms with E-state index >= 15 is 0 Å². The van der Waals surface area contributed by atoms with Crippen LogP contribution < -0.4 is 5.73 Å². The van der Waals surface area contributed by atoms with E-state index in [1.165, 1.54) is 0 Å². The molecular weight excluding hydrogens is 234 g/mol. The number of nitrogens with zero attached hydrogens (tertiary/aromatic N) is 4. The van der Waals surface area contributed by atoms with Crippen molar-refractivity contribution in [2.24, 2.45) is 5.73 Å². The number of rotatable bonds is 3. The highest BCUT2D eigenvalue weighted by Crippen LogP contribution is 2.29. The molecule has 1 aromatic rings. The second kappa shape index (κ2) is 4.66. The number of nitrogens with two attached hydrogens (primary N) is 1. The molecule has 0 spiro atoms. The lowest BCUT2D eigenvalue weighted by atomic mass is 10.0. The topological polar surface area (TPSA) is 86.3 Å². The molecule has 0 saturated carbocycles. The first-order valence-electron chi connectivity index (χ1n) is 6.25. The third kappa shape index (κ3) is 2.11. The molecule has 7 heteroatoms. The minimum absolute atomic E-state index is 0.206. The highest BCUT2D eigenvalue weighted by Gasteiger charge is 2.36. The minimum Gasteiger partial charge on any atom is -0.370 e. The largest absolute Gasteiger partial charge is 0.370 e. The number of hydrogen-bond acceptors (Lipinski definition) is 5. The van der Waals surface area contributed by atoms with Gasteiger partial charge in [0.2, 0.25) is 5.91 Å². The van der Waals surface area contributed by atoms with Crippen molar-refractivity contribution in [3.8, 4) is 0 Å². The summed E-state index contributed by atoms with van der Waals surface area (Å²) in [4.78, 5) is 13.1. The van der Waals surface area contributed by atoms with Crippen LogP contribution in [0.5, 0.6) is 0 Å². The lowest BCUT2D eigenvalue weighted by Gasteiger charge is -2.40. The fourth-order valence-corrected chi connectivity index (χ4v) is 2.72. The molecule has 18 heavy (non-hydrogen) atoms. The first kappa shape index (κ1) is 11.6. The summed E-state index contributed by atoms with van der Waals surface area (Å²) in [5, 5.41) is 8.07. The van der Waals surface area contributed by atoms with Crippen molar-refractivity contribution in [3.63, 3.8) is 0 Å². The predicted molar refractivity (Wildman–Crippen MR) is 62.5 cm³/mol. The average molecular weight is 251 g/mol. The molecule has 2 N–H and O–H groups in total. The van der Waals surface area contributed by atoms with Gasteiger partial charge in [-0.1, -0.05) is 5.21 Å². The summed E-state index contributed by atoms with van der Waals surface area (Å²) < 4.78 is 7.78. The molecule has 0 aromatic carbocycles. The van der Waals surface area contributed by atoms with Crippen LogP contribution in [0.25, 0.3) is 0 Å². The van der Waals surface area contributed by atoms with Crippen LogP contribution in [-0.2, 0) is 16.1 Å². The summed E-state index contributed by atoms with van der Waals surface area (Å²) in [6, 6.07) is 0.206. The zero-order valence-corrected chi connectivity index (χ0v) is 10.2. The van der Waals surface area contributed by atoms with Gasteiger partial charge in [0.15, 0.2) is 0 Å². The molecule has 1 aromatic heterocycles. The lowest BCUT2D eigenvalue weighted by molar-refractivity contribution is -0.118. The number of aromatic nitrogens is 3. The van der Waals surface area contributed by atoms with Crippen molar-refractivity contribution in [3.05, 3.63) is 11.9 Å². The molecule has 2 atom stereocenters. The van der Waals surface area contributed by atoms with Crippen LogP contribution in [0.4, 0.5) is 0 Å². The third-order valence-corrected chi connectivity index (χ3v) is 3.69. The molecule has 98 valence electrons. The van der Waals surface area contributed by atoms with Crippen LogP contribution in [0.1, 0.15) is 24.6 Å². The molecular formula is C11H17N5O2. The van der Waals surface area contributed by atoms with E-state index in [-0.39, 0.29) is 18.1 Å². The van der Waals surface area contributed by atoms with Gasteiger partial charge in [0.1, 0.15) is 0 Å². The van der Waals surface area contributed by atoms with Gasteiger partial charge < -0.3 is 15.4 Å². The Labute approximate surface area is 105 Å².